The molecule has 0 aromatic heterocycles. The molecule has 0 saturated carbocycles. The molecule has 0 aliphatic rings. The first-order valence-electron chi connectivity index (χ1n) is 6.51. The second kappa shape index (κ2) is 6.45. The van der Waals surface area contributed by atoms with Crippen molar-refractivity contribution in [3.63, 3.8) is 0 Å². The minimum atomic E-state index is 0.0874. The van der Waals surface area contributed by atoms with Crippen molar-refractivity contribution in [1.29, 1.82) is 0 Å². The highest BCUT2D eigenvalue weighted by atomic mass is 16.5. The first-order chi connectivity index (χ1) is 8.79. The molecule has 0 atom stereocenters. The normalized spacial score (nSPS) is 11.2. The molecule has 1 aromatic carbocycles. The van der Waals surface area contributed by atoms with Crippen LogP contribution in [0.4, 0.5) is 5.69 Å². The number of rotatable bonds is 5. The molecule has 4 nitrogen and oxygen atoms in total. The van der Waals surface area contributed by atoms with Crippen LogP contribution in [-0.4, -0.2) is 31.0 Å². The Balaban J connectivity index is 2.37. The highest BCUT2D eigenvalue weighted by molar-refractivity contribution is 5.76. The van der Waals surface area contributed by atoms with Crippen LogP contribution in [-0.2, 0) is 4.79 Å². The van der Waals surface area contributed by atoms with Crippen LogP contribution in [0.3, 0.4) is 0 Å². The molecule has 0 radical (unpaired) electrons. The van der Waals surface area contributed by atoms with Crippen LogP contribution in [0.1, 0.15) is 27.2 Å². The van der Waals surface area contributed by atoms with Crippen molar-refractivity contribution in [2.45, 2.75) is 27.2 Å². The van der Waals surface area contributed by atoms with Gasteiger partial charge in [-0.2, -0.15) is 0 Å². The van der Waals surface area contributed by atoms with E-state index in [9.17, 15) is 4.79 Å². The summed E-state index contributed by atoms with van der Waals surface area (Å²) in [6.07, 6.45) is 0.362. The standard InChI is InChI=1S/C15H24N2O2/c1-15(2,3)11-17(4)14(18)9-10-19-13-8-6-5-7-12(13)16/h5-8H,9-11,16H2,1-4H3. The van der Waals surface area contributed by atoms with E-state index >= 15 is 0 Å². The number of para-hydroxylation sites is 2. The van der Waals surface area contributed by atoms with Crippen molar-refractivity contribution in [2.75, 3.05) is 25.9 Å². The Labute approximate surface area is 115 Å². The number of carbonyl (C=O) groups excluding carboxylic acids is 1. The van der Waals surface area contributed by atoms with E-state index in [4.69, 9.17) is 10.5 Å². The Bertz CT molecular complexity index is 424. The van der Waals surface area contributed by atoms with E-state index in [1.165, 1.54) is 0 Å². The van der Waals surface area contributed by atoms with Gasteiger partial charge in [0.05, 0.1) is 18.7 Å². The number of benzene rings is 1. The summed E-state index contributed by atoms with van der Waals surface area (Å²) in [6.45, 7) is 7.41. The largest absolute Gasteiger partial charge is 0.491 e. The lowest BCUT2D eigenvalue weighted by Crippen LogP contribution is -2.35. The van der Waals surface area contributed by atoms with Gasteiger partial charge < -0.3 is 15.4 Å². The molecule has 0 spiro atoms. The molecule has 4 heteroatoms. The van der Waals surface area contributed by atoms with Gasteiger partial charge in [-0.15, -0.1) is 0 Å². The van der Waals surface area contributed by atoms with Crippen LogP contribution in [0.15, 0.2) is 24.3 Å². The third-order valence-corrected chi connectivity index (χ3v) is 2.63. The second-order valence-corrected chi connectivity index (χ2v) is 5.95. The van der Waals surface area contributed by atoms with Gasteiger partial charge in [-0.1, -0.05) is 32.9 Å². The molecule has 1 aromatic rings. The van der Waals surface area contributed by atoms with Crippen molar-refractivity contribution in [3.8, 4) is 5.75 Å². The average molecular weight is 264 g/mol. The minimum Gasteiger partial charge on any atom is -0.491 e. The molecule has 0 aliphatic heterocycles. The molecule has 106 valence electrons. The topological polar surface area (TPSA) is 55.6 Å². The first kappa shape index (κ1) is 15.3. The average Bonchev–Trinajstić information content (AvgIpc) is 2.29. The van der Waals surface area contributed by atoms with Crippen molar-refractivity contribution in [3.05, 3.63) is 24.3 Å². The number of nitrogen functional groups attached to an aromatic ring is 1. The summed E-state index contributed by atoms with van der Waals surface area (Å²) in [5, 5.41) is 0. The predicted octanol–water partition coefficient (Wildman–Crippen LogP) is 2.54. The van der Waals surface area contributed by atoms with Crippen molar-refractivity contribution >= 4 is 11.6 Å². The summed E-state index contributed by atoms with van der Waals surface area (Å²) >= 11 is 0. The zero-order valence-corrected chi connectivity index (χ0v) is 12.3. The summed E-state index contributed by atoms with van der Waals surface area (Å²) in [6, 6.07) is 7.30. The Morgan fingerprint density at radius 3 is 2.53 bits per heavy atom. The smallest absolute Gasteiger partial charge is 0.225 e. The summed E-state index contributed by atoms with van der Waals surface area (Å²) < 4.78 is 5.52. The molecule has 0 aliphatic carbocycles. The van der Waals surface area contributed by atoms with Crippen LogP contribution in [0.25, 0.3) is 0 Å². The second-order valence-electron chi connectivity index (χ2n) is 5.95. The van der Waals surface area contributed by atoms with Crippen molar-refractivity contribution in [1.82, 2.24) is 4.90 Å². The lowest BCUT2D eigenvalue weighted by molar-refractivity contribution is -0.131. The summed E-state index contributed by atoms with van der Waals surface area (Å²) in [5.41, 5.74) is 6.46. The lowest BCUT2D eigenvalue weighted by Gasteiger charge is -2.26. The van der Waals surface area contributed by atoms with E-state index in [1.807, 2.05) is 19.2 Å². The maximum atomic E-state index is 11.9. The zero-order valence-electron chi connectivity index (χ0n) is 12.3. The quantitative estimate of drug-likeness (QED) is 0.831. The van der Waals surface area contributed by atoms with E-state index in [1.54, 1.807) is 17.0 Å². The van der Waals surface area contributed by atoms with Crippen LogP contribution >= 0.6 is 0 Å². The first-order valence-corrected chi connectivity index (χ1v) is 6.51. The van der Waals surface area contributed by atoms with E-state index in [-0.39, 0.29) is 11.3 Å². The molecule has 0 heterocycles. The minimum absolute atomic E-state index is 0.0874. The number of ether oxygens (including phenoxy) is 1. The summed E-state index contributed by atoms with van der Waals surface area (Å²) in [5.74, 6) is 0.721. The third kappa shape index (κ3) is 5.64. The van der Waals surface area contributed by atoms with Gasteiger partial charge in [0.1, 0.15) is 5.75 Å². The highest BCUT2D eigenvalue weighted by Crippen LogP contribution is 2.20. The van der Waals surface area contributed by atoms with Crippen LogP contribution < -0.4 is 10.5 Å². The molecular formula is C15H24N2O2. The Morgan fingerprint density at radius 1 is 1.32 bits per heavy atom. The molecule has 1 amide bonds. The third-order valence-electron chi connectivity index (χ3n) is 2.63. The predicted molar refractivity (Wildman–Crippen MR) is 78.1 cm³/mol. The van der Waals surface area contributed by atoms with Gasteiger partial charge in [0.2, 0.25) is 5.91 Å². The van der Waals surface area contributed by atoms with Gasteiger partial charge in [-0.25, -0.2) is 0 Å². The van der Waals surface area contributed by atoms with E-state index in [0.717, 1.165) is 6.54 Å². The van der Waals surface area contributed by atoms with Gasteiger partial charge >= 0.3 is 0 Å². The number of nitrogens with two attached hydrogens (primary N) is 1. The fraction of sp³-hybridized carbons (Fsp3) is 0.533. The van der Waals surface area contributed by atoms with Gasteiger partial charge in [-0.3, -0.25) is 4.79 Å². The maximum Gasteiger partial charge on any atom is 0.225 e. The van der Waals surface area contributed by atoms with E-state index in [2.05, 4.69) is 20.8 Å². The molecule has 0 bridgehead atoms. The Kier molecular flexibility index (Phi) is 5.21. The van der Waals surface area contributed by atoms with Gasteiger partial charge in [0.15, 0.2) is 0 Å². The fourth-order valence-electron chi connectivity index (χ4n) is 1.85. The van der Waals surface area contributed by atoms with Crippen molar-refractivity contribution < 1.29 is 9.53 Å². The van der Waals surface area contributed by atoms with Crippen LogP contribution in [0, 0.1) is 5.41 Å². The molecule has 0 saturated heterocycles. The molecule has 19 heavy (non-hydrogen) atoms. The lowest BCUT2D eigenvalue weighted by atomic mass is 9.96. The van der Waals surface area contributed by atoms with Gasteiger partial charge in [0, 0.05) is 13.6 Å². The SMILES string of the molecule is CN(CC(C)(C)C)C(=O)CCOc1ccccc1N. The highest BCUT2D eigenvalue weighted by Gasteiger charge is 2.17. The molecule has 1 rings (SSSR count). The molecular weight excluding hydrogens is 240 g/mol. The summed E-state index contributed by atoms with van der Waals surface area (Å²) in [7, 11) is 1.82. The maximum absolute atomic E-state index is 11.9. The van der Waals surface area contributed by atoms with Gasteiger partial charge in [-0.05, 0) is 17.5 Å². The Hall–Kier alpha value is -1.71. The number of amides is 1. The Morgan fingerprint density at radius 2 is 1.95 bits per heavy atom. The zero-order chi connectivity index (χ0) is 14.5. The number of hydrogen-bond acceptors (Lipinski definition) is 3. The number of anilines is 1. The molecule has 0 fully saturated rings. The number of carbonyl (C=O) groups is 1. The number of nitrogens with zero attached hydrogens (tertiary/aromatic N) is 1. The van der Waals surface area contributed by atoms with Crippen LogP contribution in [0.5, 0.6) is 5.75 Å². The van der Waals surface area contributed by atoms with Crippen LogP contribution in [0.2, 0.25) is 0 Å². The van der Waals surface area contributed by atoms with Crippen molar-refractivity contribution in [2.24, 2.45) is 5.41 Å². The van der Waals surface area contributed by atoms with E-state index < -0.39 is 0 Å². The fourth-order valence-corrected chi connectivity index (χ4v) is 1.85. The molecule has 0 unspecified atom stereocenters. The summed E-state index contributed by atoms with van der Waals surface area (Å²) in [4.78, 5) is 13.7. The van der Waals surface area contributed by atoms with Gasteiger partial charge in [0.25, 0.3) is 0 Å². The molecule has 2 N–H and O–H groups in total. The number of hydrogen-bond donors (Lipinski definition) is 1. The monoisotopic (exact) mass is 264 g/mol. The van der Waals surface area contributed by atoms with E-state index in [0.29, 0.717) is 24.5 Å².